The van der Waals surface area contributed by atoms with E-state index in [9.17, 15) is 22.8 Å². The van der Waals surface area contributed by atoms with E-state index in [1.54, 1.807) is 18.2 Å². The Morgan fingerprint density at radius 2 is 2.10 bits per heavy atom. The van der Waals surface area contributed by atoms with Crippen molar-refractivity contribution in [3.05, 3.63) is 70.2 Å². The van der Waals surface area contributed by atoms with Crippen LogP contribution in [0.2, 0.25) is 0 Å². The summed E-state index contributed by atoms with van der Waals surface area (Å²) in [4.78, 5) is 30.9. The number of amides is 2. The number of fused-ring (bicyclic) bond motifs is 1. The topological polar surface area (TPSA) is 122 Å². The number of nitriles is 1. The Balaban J connectivity index is 1.48. The van der Waals surface area contributed by atoms with Crippen LogP contribution in [0.25, 0.3) is 5.82 Å². The third kappa shape index (κ3) is 5.85. The van der Waals surface area contributed by atoms with E-state index in [1.807, 2.05) is 13.0 Å². The molecule has 1 fully saturated rings. The van der Waals surface area contributed by atoms with Gasteiger partial charge in [-0.2, -0.15) is 23.5 Å². The standard InChI is InChI=1S/C26H23F3N6O3S/c1-2-15-9-16(38-13-26(27,28)29)4-7-18(15)19-10-20-22(24(36)32-19)23(25(37)34-39-17-5-6-17)35(33-20)21-8-3-14(11-30)12-31-21/h3-4,7-9,12,17,19H,2,5-6,10,13H2,1H3,(H,32,36)(H,34,37). The summed E-state index contributed by atoms with van der Waals surface area (Å²) in [6, 6.07) is 9.17. The number of halogens is 3. The molecule has 5 rings (SSSR count). The zero-order chi connectivity index (χ0) is 27.7. The molecule has 9 nitrogen and oxygen atoms in total. The summed E-state index contributed by atoms with van der Waals surface area (Å²) in [6.07, 6.45) is -0.357. The third-order valence-electron chi connectivity index (χ3n) is 6.31. The highest BCUT2D eigenvalue weighted by Crippen LogP contribution is 2.34. The highest BCUT2D eigenvalue weighted by atomic mass is 32.2. The zero-order valence-electron chi connectivity index (χ0n) is 20.7. The second-order valence-electron chi connectivity index (χ2n) is 9.20. The molecule has 1 atom stereocenters. The lowest BCUT2D eigenvalue weighted by Crippen LogP contribution is -2.37. The van der Waals surface area contributed by atoms with Crippen LogP contribution in [-0.2, 0) is 12.8 Å². The summed E-state index contributed by atoms with van der Waals surface area (Å²) in [7, 11) is 0. The largest absolute Gasteiger partial charge is 0.484 e. The van der Waals surface area contributed by atoms with Gasteiger partial charge in [0, 0.05) is 17.9 Å². The van der Waals surface area contributed by atoms with Crippen LogP contribution in [0.5, 0.6) is 5.75 Å². The molecule has 1 aliphatic carbocycles. The number of aryl methyl sites for hydroxylation is 1. The van der Waals surface area contributed by atoms with Crippen molar-refractivity contribution in [2.24, 2.45) is 0 Å². The molecule has 2 amide bonds. The fraction of sp³-hybridized carbons (Fsp3) is 0.346. The van der Waals surface area contributed by atoms with Crippen molar-refractivity contribution in [2.75, 3.05) is 6.61 Å². The number of pyridine rings is 1. The van der Waals surface area contributed by atoms with Gasteiger partial charge in [-0.25, -0.2) is 9.67 Å². The van der Waals surface area contributed by atoms with Crippen molar-refractivity contribution < 1.29 is 27.5 Å². The Hall–Kier alpha value is -4.05. The first kappa shape index (κ1) is 26.6. The number of ether oxygens (including phenoxy) is 1. The summed E-state index contributed by atoms with van der Waals surface area (Å²) in [5, 5.41) is 17.0. The van der Waals surface area contributed by atoms with Crippen LogP contribution < -0.4 is 14.8 Å². The van der Waals surface area contributed by atoms with E-state index in [4.69, 9.17) is 10.00 Å². The smallest absolute Gasteiger partial charge is 0.422 e. The van der Waals surface area contributed by atoms with Gasteiger partial charge in [-0.3, -0.25) is 14.3 Å². The molecule has 3 aromatic rings. The summed E-state index contributed by atoms with van der Waals surface area (Å²) in [6.45, 7) is 0.456. The van der Waals surface area contributed by atoms with Crippen LogP contribution in [0.4, 0.5) is 13.2 Å². The molecular formula is C26H23F3N6O3S. The molecule has 2 aromatic heterocycles. The molecule has 2 aliphatic rings. The molecule has 13 heteroatoms. The second-order valence-corrected chi connectivity index (χ2v) is 10.3. The van der Waals surface area contributed by atoms with E-state index >= 15 is 0 Å². The third-order valence-corrected chi connectivity index (χ3v) is 7.42. The second kappa shape index (κ2) is 10.6. The Labute approximate surface area is 225 Å². The number of carbonyl (C=O) groups is 2. The predicted molar refractivity (Wildman–Crippen MR) is 135 cm³/mol. The first-order chi connectivity index (χ1) is 18.7. The maximum absolute atomic E-state index is 13.4. The maximum atomic E-state index is 13.4. The average Bonchev–Trinajstić information content (AvgIpc) is 3.67. The molecule has 0 saturated heterocycles. The number of alkyl halides is 3. The molecule has 0 spiro atoms. The van der Waals surface area contributed by atoms with Crippen LogP contribution >= 0.6 is 11.9 Å². The average molecular weight is 557 g/mol. The molecule has 1 unspecified atom stereocenters. The van der Waals surface area contributed by atoms with E-state index in [-0.39, 0.29) is 29.2 Å². The van der Waals surface area contributed by atoms with Crippen LogP contribution in [0.1, 0.15) is 69.0 Å². The van der Waals surface area contributed by atoms with Gasteiger partial charge in [0.2, 0.25) is 0 Å². The van der Waals surface area contributed by atoms with E-state index in [2.05, 4.69) is 20.1 Å². The van der Waals surface area contributed by atoms with Crippen molar-refractivity contribution in [1.82, 2.24) is 24.8 Å². The molecule has 0 radical (unpaired) electrons. The monoisotopic (exact) mass is 556 g/mol. The van der Waals surface area contributed by atoms with Crippen molar-refractivity contribution in [2.45, 2.75) is 50.1 Å². The Bertz CT molecular complexity index is 1460. The minimum atomic E-state index is -4.46. The van der Waals surface area contributed by atoms with Gasteiger partial charge < -0.3 is 10.1 Å². The van der Waals surface area contributed by atoms with Gasteiger partial charge >= 0.3 is 6.18 Å². The van der Waals surface area contributed by atoms with E-state index < -0.39 is 30.6 Å². The number of benzene rings is 1. The number of carbonyl (C=O) groups excluding carboxylic acids is 2. The number of hydrogen-bond donors (Lipinski definition) is 2. The van der Waals surface area contributed by atoms with Crippen LogP contribution in [0, 0.1) is 11.3 Å². The molecule has 39 heavy (non-hydrogen) atoms. The Kier molecular flexibility index (Phi) is 7.22. The fourth-order valence-electron chi connectivity index (χ4n) is 4.31. The summed E-state index contributed by atoms with van der Waals surface area (Å²) in [5.41, 5.74) is 2.33. The molecular weight excluding hydrogens is 533 g/mol. The normalized spacial score (nSPS) is 16.7. The first-order valence-corrected chi connectivity index (χ1v) is 13.1. The van der Waals surface area contributed by atoms with Crippen molar-refractivity contribution >= 4 is 23.8 Å². The van der Waals surface area contributed by atoms with Crippen molar-refractivity contribution in [3.8, 4) is 17.6 Å². The molecule has 3 heterocycles. The molecule has 1 aliphatic heterocycles. The van der Waals surface area contributed by atoms with E-state index in [0.29, 0.717) is 22.9 Å². The zero-order valence-corrected chi connectivity index (χ0v) is 21.5. The molecule has 202 valence electrons. The van der Waals surface area contributed by atoms with Crippen molar-refractivity contribution in [1.29, 1.82) is 5.26 Å². The van der Waals surface area contributed by atoms with Gasteiger partial charge in [0.05, 0.1) is 22.9 Å². The lowest BCUT2D eigenvalue weighted by Gasteiger charge is -2.25. The van der Waals surface area contributed by atoms with Crippen LogP contribution in [0.15, 0.2) is 36.5 Å². The van der Waals surface area contributed by atoms with E-state index in [0.717, 1.165) is 24.0 Å². The lowest BCUT2D eigenvalue weighted by molar-refractivity contribution is -0.153. The number of aromatic nitrogens is 3. The molecule has 2 N–H and O–H groups in total. The number of rotatable bonds is 8. The first-order valence-electron chi connectivity index (χ1n) is 12.2. The Morgan fingerprint density at radius 1 is 1.31 bits per heavy atom. The highest BCUT2D eigenvalue weighted by molar-refractivity contribution is 7.98. The Morgan fingerprint density at radius 3 is 2.74 bits per heavy atom. The fourth-order valence-corrected chi connectivity index (χ4v) is 5.06. The highest BCUT2D eigenvalue weighted by Gasteiger charge is 2.37. The SMILES string of the molecule is CCc1cc(OCC(F)(F)F)ccc1C1Cc2nn(-c3ccc(C#N)cn3)c(C(=O)NSC3CC3)c2C(=O)N1. The number of nitrogens with zero attached hydrogens (tertiary/aromatic N) is 4. The molecule has 1 aromatic carbocycles. The van der Waals surface area contributed by atoms with Crippen LogP contribution in [0.3, 0.4) is 0 Å². The van der Waals surface area contributed by atoms with Gasteiger partial charge in [0.15, 0.2) is 12.4 Å². The van der Waals surface area contributed by atoms with Gasteiger partial charge in [-0.05, 0) is 66.6 Å². The predicted octanol–water partition coefficient (Wildman–Crippen LogP) is 4.21. The molecule has 0 bridgehead atoms. The lowest BCUT2D eigenvalue weighted by atomic mass is 9.91. The summed E-state index contributed by atoms with van der Waals surface area (Å²) in [5.74, 6) is -0.628. The quantitative estimate of drug-likeness (QED) is 0.399. The van der Waals surface area contributed by atoms with Crippen LogP contribution in [-0.4, -0.2) is 44.6 Å². The summed E-state index contributed by atoms with van der Waals surface area (Å²) < 4.78 is 46.8. The minimum Gasteiger partial charge on any atom is -0.484 e. The van der Waals surface area contributed by atoms with Gasteiger partial charge in [-0.15, -0.1) is 0 Å². The van der Waals surface area contributed by atoms with Gasteiger partial charge in [0.25, 0.3) is 11.8 Å². The van der Waals surface area contributed by atoms with Gasteiger partial charge in [-0.1, -0.05) is 13.0 Å². The minimum absolute atomic E-state index is 0.0397. The van der Waals surface area contributed by atoms with Crippen molar-refractivity contribution in [3.63, 3.8) is 0 Å². The summed E-state index contributed by atoms with van der Waals surface area (Å²) >= 11 is 1.30. The van der Waals surface area contributed by atoms with Gasteiger partial charge in [0.1, 0.15) is 17.5 Å². The van der Waals surface area contributed by atoms with E-state index in [1.165, 1.54) is 35.0 Å². The maximum Gasteiger partial charge on any atom is 0.422 e. The molecule has 1 saturated carbocycles. The number of nitrogens with one attached hydrogen (secondary N) is 2. The number of hydrogen-bond acceptors (Lipinski definition) is 7.